The molecule has 0 unspecified atom stereocenters. The zero-order valence-electron chi connectivity index (χ0n) is 19.1. The van der Waals surface area contributed by atoms with Crippen molar-refractivity contribution in [1.29, 1.82) is 0 Å². The van der Waals surface area contributed by atoms with Crippen LogP contribution < -0.4 is 9.64 Å². The van der Waals surface area contributed by atoms with Crippen molar-refractivity contribution < 1.29 is 28.7 Å². The van der Waals surface area contributed by atoms with Crippen LogP contribution in [-0.2, 0) is 14.3 Å². The third-order valence-corrected chi connectivity index (χ3v) is 7.34. The van der Waals surface area contributed by atoms with E-state index >= 15 is 0 Å². The Balaban J connectivity index is 1.57. The predicted molar refractivity (Wildman–Crippen MR) is 125 cm³/mol. The molecule has 3 aromatic carbocycles. The van der Waals surface area contributed by atoms with Crippen LogP contribution in [0, 0.1) is 18.8 Å². The number of ketones is 2. The van der Waals surface area contributed by atoms with Gasteiger partial charge in [-0.1, -0.05) is 60.7 Å². The summed E-state index contributed by atoms with van der Waals surface area (Å²) < 4.78 is 11.7. The van der Waals surface area contributed by atoms with E-state index in [0.29, 0.717) is 11.3 Å². The molecule has 6 rings (SSSR count). The number of fused-ring (bicyclic) bond motifs is 3. The molecule has 0 aromatic heterocycles. The van der Waals surface area contributed by atoms with Crippen LogP contribution in [0.15, 0.2) is 72.8 Å². The van der Waals surface area contributed by atoms with Crippen molar-refractivity contribution in [1.82, 2.24) is 0 Å². The molecule has 3 aromatic rings. The number of hydrogen-bond acceptors (Lipinski definition) is 6. The summed E-state index contributed by atoms with van der Waals surface area (Å²) in [5.41, 5.74) is 0.0904. The Hall–Kier alpha value is -4.10. The first kappa shape index (κ1) is 21.4. The molecule has 2 heterocycles. The fourth-order valence-electron chi connectivity index (χ4n) is 5.76. The first-order chi connectivity index (χ1) is 16.9. The number of benzene rings is 3. The summed E-state index contributed by atoms with van der Waals surface area (Å²) in [6, 6.07) is 20.5. The average molecular weight is 467 g/mol. The molecule has 174 valence electrons. The average Bonchev–Trinajstić information content (AvgIpc) is 3.44. The van der Waals surface area contributed by atoms with Gasteiger partial charge in [0.15, 0.2) is 0 Å². The molecule has 0 saturated carbocycles. The number of anilines is 1. The molecule has 3 atom stereocenters. The summed E-state index contributed by atoms with van der Waals surface area (Å²) in [4.78, 5) is 56.6. The minimum Gasteiger partial charge on any atom is -0.495 e. The molecule has 7 heteroatoms. The van der Waals surface area contributed by atoms with Gasteiger partial charge in [0, 0.05) is 11.1 Å². The van der Waals surface area contributed by atoms with Gasteiger partial charge in [-0.05, 0) is 30.2 Å². The Morgan fingerprint density at radius 1 is 0.800 bits per heavy atom. The van der Waals surface area contributed by atoms with Gasteiger partial charge >= 0.3 is 0 Å². The van der Waals surface area contributed by atoms with Crippen LogP contribution in [0.3, 0.4) is 0 Å². The molecule has 0 bridgehead atoms. The monoisotopic (exact) mass is 467 g/mol. The normalized spacial score (nSPS) is 24.3. The minimum absolute atomic E-state index is 0.206. The zero-order valence-corrected chi connectivity index (χ0v) is 19.1. The molecule has 0 N–H and O–H groups in total. The van der Waals surface area contributed by atoms with Crippen molar-refractivity contribution in [2.24, 2.45) is 11.8 Å². The fourth-order valence-corrected chi connectivity index (χ4v) is 5.76. The van der Waals surface area contributed by atoms with Crippen molar-refractivity contribution >= 4 is 29.1 Å². The Bertz CT molecular complexity index is 1410. The summed E-state index contributed by atoms with van der Waals surface area (Å²) >= 11 is 0. The number of amides is 2. The van der Waals surface area contributed by atoms with E-state index in [2.05, 4.69) is 0 Å². The second-order valence-electron chi connectivity index (χ2n) is 9.02. The molecule has 1 spiro atoms. The summed E-state index contributed by atoms with van der Waals surface area (Å²) in [5.74, 6) is -4.32. The number of rotatable bonds is 3. The molecule has 0 radical (unpaired) electrons. The van der Waals surface area contributed by atoms with Gasteiger partial charge in [0.25, 0.3) is 0 Å². The molecular formula is C28H21NO6. The van der Waals surface area contributed by atoms with Crippen molar-refractivity contribution in [3.8, 4) is 5.75 Å². The number of para-hydroxylation sites is 2. The molecule has 2 fully saturated rings. The van der Waals surface area contributed by atoms with Crippen molar-refractivity contribution in [2.75, 3.05) is 12.0 Å². The second kappa shape index (κ2) is 7.45. The van der Waals surface area contributed by atoms with Crippen LogP contribution in [0.5, 0.6) is 5.75 Å². The molecule has 1 aliphatic carbocycles. The first-order valence-corrected chi connectivity index (χ1v) is 11.3. The van der Waals surface area contributed by atoms with E-state index in [0.717, 1.165) is 10.5 Å². The highest BCUT2D eigenvalue weighted by atomic mass is 16.5. The summed E-state index contributed by atoms with van der Waals surface area (Å²) in [5, 5.41) is 0. The number of imide groups is 1. The molecule has 2 aliphatic heterocycles. The van der Waals surface area contributed by atoms with Gasteiger partial charge in [-0.3, -0.25) is 19.2 Å². The molecule has 3 aliphatic rings. The summed E-state index contributed by atoms with van der Waals surface area (Å²) in [6.07, 6.45) is -0.945. The van der Waals surface area contributed by atoms with E-state index in [1.165, 1.54) is 7.11 Å². The number of carbonyl (C=O) groups excluding carboxylic acids is 4. The van der Waals surface area contributed by atoms with Crippen LogP contribution in [0.2, 0.25) is 0 Å². The maximum atomic E-state index is 14.0. The van der Waals surface area contributed by atoms with E-state index < -0.39 is 46.9 Å². The van der Waals surface area contributed by atoms with Crippen LogP contribution in [0.1, 0.15) is 37.9 Å². The summed E-state index contributed by atoms with van der Waals surface area (Å²) in [7, 11) is 1.45. The maximum absolute atomic E-state index is 14.0. The minimum atomic E-state index is -2.09. The van der Waals surface area contributed by atoms with Crippen LogP contribution in [0.25, 0.3) is 0 Å². The SMILES string of the molecule is COc1ccccc1N1C(=O)[C@H]2[C@@H](c3ccccc3C)OC3(C(=O)c4ccccc4C3=O)[C@H]2C1=O. The van der Waals surface area contributed by atoms with E-state index in [1.807, 2.05) is 19.1 Å². The number of Topliss-reactive ketones (excluding diaryl/α,β-unsaturated/α-hetero) is 2. The zero-order chi connectivity index (χ0) is 24.5. The van der Waals surface area contributed by atoms with Gasteiger partial charge in [0.1, 0.15) is 5.75 Å². The Labute approximate surface area is 201 Å². The fraction of sp³-hybridized carbons (Fsp3) is 0.214. The molecular weight excluding hydrogens is 446 g/mol. The standard InChI is InChI=1S/C28H21NO6/c1-15-9-3-4-10-16(15)23-21-22(27(33)29(26(21)32)19-13-7-8-14-20(19)34-2)28(35-23)24(30)17-11-5-6-12-18(17)25(28)31/h3-14,21-23H,1-2H3/t21-,22-,23-/m1/s1. The Kier molecular flexibility index (Phi) is 4.56. The van der Waals surface area contributed by atoms with E-state index in [1.54, 1.807) is 60.7 Å². The Morgan fingerprint density at radius 2 is 1.40 bits per heavy atom. The van der Waals surface area contributed by atoms with E-state index in [4.69, 9.17) is 9.47 Å². The predicted octanol–water partition coefficient (Wildman–Crippen LogP) is 3.70. The maximum Gasteiger partial charge on any atom is 0.241 e. The van der Waals surface area contributed by atoms with Crippen LogP contribution >= 0.6 is 0 Å². The lowest BCUT2D eigenvalue weighted by Crippen LogP contribution is -2.51. The van der Waals surface area contributed by atoms with Crippen molar-refractivity contribution in [2.45, 2.75) is 18.6 Å². The number of hydrogen-bond donors (Lipinski definition) is 0. The highest BCUT2D eigenvalue weighted by Crippen LogP contribution is 2.58. The summed E-state index contributed by atoms with van der Waals surface area (Å²) in [6.45, 7) is 1.87. The molecule has 2 amide bonds. The third-order valence-electron chi connectivity index (χ3n) is 7.34. The van der Waals surface area contributed by atoms with Gasteiger partial charge in [-0.25, -0.2) is 4.90 Å². The van der Waals surface area contributed by atoms with Gasteiger partial charge in [-0.15, -0.1) is 0 Å². The second-order valence-corrected chi connectivity index (χ2v) is 9.02. The van der Waals surface area contributed by atoms with Crippen molar-refractivity contribution in [3.05, 3.63) is 95.1 Å². The number of carbonyl (C=O) groups is 4. The largest absolute Gasteiger partial charge is 0.495 e. The van der Waals surface area contributed by atoms with Gasteiger partial charge in [-0.2, -0.15) is 0 Å². The highest BCUT2D eigenvalue weighted by Gasteiger charge is 2.75. The van der Waals surface area contributed by atoms with Crippen LogP contribution in [0.4, 0.5) is 5.69 Å². The topological polar surface area (TPSA) is 90.0 Å². The first-order valence-electron chi connectivity index (χ1n) is 11.3. The third kappa shape index (κ3) is 2.64. The van der Waals surface area contributed by atoms with Crippen LogP contribution in [-0.4, -0.2) is 36.1 Å². The van der Waals surface area contributed by atoms with Crippen molar-refractivity contribution in [3.63, 3.8) is 0 Å². The van der Waals surface area contributed by atoms with E-state index in [9.17, 15) is 19.2 Å². The van der Waals surface area contributed by atoms with Gasteiger partial charge in [0.2, 0.25) is 29.0 Å². The number of nitrogens with zero attached hydrogens (tertiary/aromatic N) is 1. The Morgan fingerprint density at radius 3 is 2.06 bits per heavy atom. The quantitative estimate of drug-likeness (QED) is 0.431. The number of aryl methyl sites for hydroxylation is 1. The molecule has 7 nitrogen and oxygen atoms in total. The highest BCUT2D eigenvalue weighted by molar-refractivity contribution is 6.37. The van der Waals surface area contributed by atoms with E-state index in [-0.39, 0.29) is 16.8 Å². The molecule has 35 heavy (non-hydrogen) atoms. The smallest absolute Gasteiger partial charge is 0.241 e. The lowest BCUT2D eigenvalue weighted by Gasteiger charge is -2.28. The lowest BCUT2D eigenvalue weighted by atomic mass is 9.77. The molecule has 2 saturated heterocycles. The lowest BCUT2D eigenvalue weighted by molar-refractivity contribution is -0.127. The van der Waals surface area contributed by atoms with Gasteiger partial charge in [0.05, 0.1) is 30.7 Å². The number of ether oxygens (including phenoxy) is 2. The van der Waals surface area contributed by atoms with Gasteiger partial charge < -0.3 is 9.47 Å². The number of methoxy groups -OCH3 is 1.